The second-order valence-corrected chi connectivity index (χ2v) is 9.04. The van der Waals surface area contributed by atoms with Gasteiger partial charge in [-0.25, -0.2) is 9.13 Å². The van der Waals surface area contributed by atoms with Crippen LogP contribution in [-0.2, 0) is 18.2 Å². The Bertz CT molecular complexity index is 416. The van der Waals surface area contributed by atoms with Crippen LogP contribution in [0.15, 0.2) is 0 Å². The number of alkyl halides is 4. The molecule has 0 amide bonds. The molecule has 4 N–H and O–H groups in total. The largest absolute Gasteiger partial charge is 0.478 e. The molecule has 0 aromatic carbocycles. The number of rotatable bonds is 10. The molecule has 1 aliphatic rings. The van der Waals surface area contributed by atoms with Crippen molar-refractivity contribution in [2.45, 2.75) is 36.9 Å². The van der Waals surface area contributed by atoms with E-state index >= 15 is 0 Å². The SMILES string of the molecule is ClCCC1(CCCl)OC1(CCCl)CCCl.O=P(O)(O)OP(=O)(O)O. The Labute approximate surface area is 160 Å². The van der Waals surface area contributed by atoms with E-state index in [4.69, 9.17) is 70.7 Å². The minimum atomic E-state index is -5.05. The molecule has 1 rings (SSSR count). The Morgan fingerprint density at radius 3 is 1.08 bits per heavy atom. The monoisotopic (exact) mass is 470 g/mol. The van der Waals surface area contributed by atoms with Gasteiger partial charge in [-0.05, 0) is 25.7 Å². The predicted molar refractivity (Wildman–Crippen MR) is 93.1 cm³/mol. The van der Waals surface area contributed by atoms with Crippen LogP contribution in [0.1, 0.15) is 25.7 Å². The van der Waals surface area contributed by atoms with E-state index in [0.29, 0.717) is 23.5 Å². The zero-order chi connectivity index (χ0) is 19.1. The van der Waals surface area contributed by atoms with Gasteiger partial charge in [-0.15, -0.1) is 46.4 Å². The average molecular weight is 472 g/mol. The van der Waals surface area contributed by atoms with Gasteiger partial charge in [-0.1, -0.05) is 0 Å². The average Bonchev–Trinajstić information content (AvgIpc) is 2.93. The number of epoxide rings is 1. The molecule has 1 aliphatic heterocycles. The maximum Gasteiger partial charge on any atom is 0.478 e. The smallest absolute Gasteiger partial charge is 0.362 e. The van der Waals surface area contributed by atoms with Crippen molar-refractivity contribution in [3.63, 3.8) is 0 Å². The van der Waals surface area contributed by atoms with Crippen LogP contribution < -0.4 is 0 Å². The first-order chi connectivity index (χ1) is 10.9. The van der Waals surface area contributed by atoms with Crippen LogP contribution in [0.25, 0.3) is 0 Å². The zero-order valence-corrected chi connectivity index (χ0v) is 17.3. The molecular weight excluding hydrogens is 452 g/mol. The lowest BCUT2D eigenvalue weighted by atomic mass is 9.84. The molecule has 0 atom stereocenters. The molecule has 14 heteroatoms. The fourth-order valence-electron chi connectivity index (χ4n) is 2.46. The van der Waals surface area contributed by atoms with Gasteiger partial charge in [0.1, 0.15) is 11.2 Å². The van der Waals surface area contributed by atoms with Gasteiger partial charge in [0.25, 0.3) is 0 Å². The van der Waals surface area contributed by atoms with Crippen molar-refractivity contribution >= 4 is 62.0 Å². The second kappa shape index (κ2) is 10.6. The molecule has 0 aromatic rings. The molecule has 0 aliphatic carbocycles. The van der Waals surface area contributed by atoms with Crippen molar-refractivity contribution in [3.8, 4) is 0 Å². The summed E-state index contributed by atoms with van der Waals surface area (Å²) in [5.41, 5.74) is -0.333. The summed E-state index contributed by atoms with van der Waals surface area (Å²) >= 11 is 23.2. The highest BCUT2D eigenvalue weighted by molar-refractivity contribution is 7.60. The fourth-order valence-corrected chi connectivity index (χ4v) is 4.79. The molecule has 1 heterocycles. The standard InChI is InChI=1S/C10H16Cl4O.H4O7P2/c11-5-1-9(2-6-12)10(15-9,3-7-13)4-8-14;1-8(2,3)7-9(4,5)6/h1-8H2;(H2,1,2,3)(H2,4,5,6). The van der Waals surface area contributed by atoms with Crippen LogP contribution in [0.2, 0.25) is 0 Å². The van der Waals surface area contributed by atoms with E-state index in [-0.39, 0.29) is 11.2 Å². The second-order valence-electron chi connectivity index (χ2n) is 4.91. The van der Waals surface area contributed by atoms with Crippen LogP contribution in [0, 0.1) is 0 Å². The molecule has 0 saturated carbocycles. The molecule has 0 aromatic heterocycles. The van der Waals surface area contributed by atoms with Crippen LogP contribution in [0.3, 0.4) is 0 Å². The fraction of sp³-hybridized carbons (Fsp3) is 1.00. The summed E-state index contributed by atoms with van der Waals surface area (Å²) < 4.78 is 28.1. The third kappa shape index (κ3) is 8.85. The Hall–Kier alpha value is 1.38. The predicted octanol–water partition coefficient (Wildman–Crippen LogP) is 3.20. The number of hydrogen-bond acceptors (Lipinski definition) is 4. The summed E-state index contributed by atoms with van der Waals surface area (Å²) in [5.74, 6) is 2.35. The van der Waals surface area contributed by atoms with Gasteiger partial charge in [0.2, 0.25) is 0 Å². The zero-order valence-electron chi connectivity index (χ0n) is 12.5. The summed E-state index contributed by atoms with van der Waals surface area (Å²) in [6.45, 7) is 0. The Kier molecular flexibility index (Phi) is 11.3. The van der Waals surface area contributed by atoms with Crippen molar-refractivity contribution in [1.29, 1.82) is 0 Å². The summed E-state index contributed by atoms with van der Waals surface area (Å²) in [7, 11) is -10.1. The highest BCUT2D eigenvalue weighted by atomic mass is 35.5. The quantitative estimate of drug-likeness (QED) is 0.216. The molecule has 0 spiro atoms. The molecule has 0 radical (unpaired) electrons. The number of phosphoric acid groups is 2. The van der Waals surface area contributed by atoms with Crippen LogP contribution >= 0.6 is 62.0 Å². The molecule has 1 fully saturated rings. The van der Waals surface area contributed by atoms with E-state index in [1.165, 1.54) is 0 Å². The van der Waals surface area contributed by atoms with Crippen molar-refractivity contribution in [2.24, 2.45) is 0 Å². The third-order valence-electron chi connectivity index (χ3n) is 3.39. The van der Waals surface area contributed by atoms with Crippen molar-refractivity contribution < 1.29 is 37.8 Å². The molecule has 24 heavy (non-hydrogen) atoms. The summed E-state index contributed by atoms with van der Waals surface area (Å²) in [5, 5.41) is 0. The van der Waals surface area contributed by atoms with Gasteiger partial charge in [0, 0.05) is 23.5 Å². The highest BCUT2D eigenvalue weighted by Gasteiger charge is 2.67. The normalized spacial score (nSPS) is 18.7. The minimum Gasteiger partial charge on any atom is -0.362 e. The Morgan fingerprint density at radius 1 is 0.708 bits per heavy atom. The molecule has 8 nitrogen and oxygen atoms in total. The van der Waals surface area contributed by atoms with Crippen LogP contribution in [0.4, 0.5) is 0 Å². The van der Waals surface area contributed by atoms with Gasteiger partial charge in [-0.2, -0.15) is 4.31 Å². The lowest BCUT2D eigenvalue weighted by Crippen LogP contribution is -2.28. The van der Waals surface area contributed by atoms with E-state index in [1.54, 1.807) is 0 Å². The first kappa shape index (κ1) is 25.4. The van der Waals surface area contributed by atoms with Crippen LogP contribution in [0.5, 0.6) is 0 Å². The third-order valence-corrected chi connectivity index (χ3v) is 5.84. The molecule has 146 valence electrons. The lowest BCUT2D eigenvalue weighted by molar-refractivity contribution is 0.225. The first-order valence-electron chi connectivity index (χ1n) is 6.67. The van der Waals surface area contributed by atoms with Crippen molar-refractivity contribution in [2.75, 3.05) is 23.5 Å². The number of hydrogen-bond donors (Lipinski definition) is 4. The number of halogens is 4. The molecule has 0 bridgehead atoms. The summed E-state index contributed by atoms with van der Waals surface area (Å²) in [4.78, 5) is 31.0. The highest BCUT2D eigenvalue weighted by Crippen LogP contribution is 2.57. The first-order valence-corrected chi connectivity index (χ1v) is 11.9. The molecule has 1 saturated heterocycles. The summed E-state index contributed by atoms with van der Waals surface area (Å²) in [6.07, 6.45) is 3.31. The van der Waals surface area contributed by atoms with Gasteiger partial charge in [0.15, 0.2) is 0 Å². The topological polar surface area (TPSA) is 137 Å². The van der Waals surface area contributed by atoms with Crippen molar-refractivity contribution in [3.05, 3.63) is 0 Å². The van der Waals surface area contributed by atoms with E-state index in [2.05, 4.69) is 4.31 Å². The van der Waals surface area contributed by atoms with Gasteiger partial charge in [0.05, 0.1) is 0 Å². The maximum atomic E-state index is 9.63. The van der Waals surface area contributed by atoms with Crippen LogP contribution in [-0.4, -0.2) is 54.3 Å². The Balaban J connectivity index is 0.000000506. The molecule has 0 unspecified atom stereocenters. The van der Waals surface area contributed by atoms with Gasteiger partial charge >= 0.3 is 15.6 Å². The molecular formula is C10H20Cl4O8P2. The lowest BCUT2D eigenvalue weighted by Gasteiger charge is -2.17. The maximum absolute atomic E-state index is 9.63. The van der Waals surface area contributed by atoms with Gasteiger partial charge < -0.3 is 24.3 Å². The minimum absolute atomic E-state index is 0.166. The summed E-state index contributed by atoms with van der Waals surface area (Å²) in [6, 6.07) is 0. The van der Waals surface area contributed by atoms with E-state index in [9.17, 15) is 9.13 Å². The van der Waals surface area contributed by atoms with Gasteiger partial charge in [-0.3, -0.25) is 0 Å². The van der Waals surface area contributed by atoms with E-state index < -0.39 is 15.6 Å². The Morgan fingerprint density at radius 2 is 0.958 bits per heavy atom. The number of ether oxygens (including phenoxy) is 1. The van der Waals surface area contributed by atoms with Crippen molar-refractivity contribution in [1.82, 2.24) is 0 Å². The van der Waals surface area contributed by atoms with E-state index in [0.717, 1.165) is 25.7 Å². The van der Waals surface area contributed by atoms with E-state index in [1.807, 2.05) is 0 Å².